The van der Waals surface area contributed by atoms with Crippen LogP contribution >= 0.6 is 11.3 Å². The van der Waals surface area contributed by atoms with E-state index in [-0.39, 0.29) is 29.5 Å². The van der Waals surface area contributed by atoms with E-state index in [0.717, 1.165) is 37.8 Å². The Labute approximate surface area is 210 Å². The van der Waals surface area contributed by atoms with Gasteiger partial charge in [0.1, 0.15) is 28.9 Å². The number of methoxy groups -OCH3 is 1. The Kier molecular flexibility index (Phi) is 8.22. The summed E-state index contributed by atoms with van der Waals surface area (Å²) in [5.41, 5.74) is 0.0311. The normalized spacial score (nSPS) is 14.8. The lowest BCUT2D eigenvalue weighted by atomic mass is 10.1. The molecule has 11 heteroatoms. The Balaban J connectivity index is 1.37. The van der Waals surface area contributed by atoms with Gasteiger partial charge in [0.05, 0.1) is 12.2 Å². The molecular formula is C25H25F4N3O3S. The van der Waals surface area contributed by atoms with E-state index in [1.165, 1.54) is 35.6 Å². The number of carbonyl (C=O) groups is 1. The molecule has 1 fully saturated rings. The lowest BCUT2D eigenvalue weighted by Gasteiger charge is -2.34. The van der Waals surface area contributed by atoms with E-state index < -0.39 is 17.6 Å². The first kappa shape index (κ1) is 26.1. The fourth-order valence-electron chi connectivity index (χ4n) is 3.82. The van der Waals surface area contributed by atoms with Gasteiger partial charge in [0.2, 0.25) is 0 Å². The number of ether oxygens (including phenoxy) is 2. The van der Waals surface area contributed by atoms with Gasteiger partial charge >= 0.3 is 6.18 Å². The summed E-state index contributed by atoms with van der Waals surface area (Å²) in [7, 11) is 1.66. The monoisotopic (exact) mass is 523 g/mol. The minimum Gasteiger partial charge on any atom is -0.489 e. The van der Waals surface area contributed by atoms with E-state index >= 15 is 0 Å². The first-order valence-corrected chi connectivity index (χ1v) is 12.2. The molecule has 4 rings (SSSR count). The molecule has 0 bridgehead atoms. The maximum absolute atomic E-state index is 14.8. The van der Waals surface area contributed by atoms with Crippen molar-refractivity contribution in [2.24, 2.45) is 0 Å². The highest BCUT2D eigenvalue weighted by molar-refractivity contribution is 7.13. The highest BCUT2D eigenvalue weighted by Crippen LogP contribution is 2.31. The van der Waals surface area contributed by atoms with Crippen LogP contribution in [0, 0.1) is 5.82 Å². The topological polar surface area (TPSA) is 54.9 Å². The zero-order valence-electron chi connectivity index (χ0n) is 19.6. The predicted octanol–water partition coefficient (Wildman–Crippen LogP) is 4.95. The van der Waals surface area contributed by atoms with Crippen molar-refractivity contribution in [1.82, 2.24) is 14.8 Å². The Morgan fingerprint density at radius 3 is 2.58 bits per heavy atom. The van der Waals surface area contributed by atoms with Crippen LogP contribution in [0.5, 0.6) is 5.75 Å². The van der Waals surface area contributed by atoms with E-state index in [0.29, 0.717) is 30.3 Å². The van der Waals surface area contributed by atoms with E-state index in [4.69, 9.17) is 9.47 Å². The summed E-state index contributed by atoms with van der Waals surface area (Å²) in [6.45, 7) is 3.99. The van der Waals surface area contributed by atoms with Crippen LogP contribution in [0.1, 0.15) is 21.6 Å². The van der Waals surface area contributed by atoms with Crippen LogP contribution in [0.2, 0.25) is 0 Å². The minimum absolute atomic E-state index is 0.142. The van der Waals surface area contributed by atoms with Crippen LogP contribution < -0.4 is 4.74 Å². The molecule has 36 heavy (non-hydrogen) atoms. The molecule has 192 valence electrons. The Morgan fingerprint density at radius 1 is 1.11 bits per heavy atom. The van der Waals surface area contributed by atoms with Gasteiger partial charge in [-0.25, -0.2) is 9.37 Å². The van der Waals surface area contributed by atoms with Gasteiger partial charge in [-0.05, 0) is 29.8 Å². The molecule has 1 aliphatic rings. The van der Waals surface area contributed by atoms with E-state index in [9.17, 15) is 22.4 Å². The van der Waals surface area contributed by atoms with Crippen molar-refractivity contribution in [3.8, 4) is 16.3 Å². The van der Waals surface area contributed by atoms with Gasteiger partial charge in [-0.3, -0.25) is 9.69 Å². The average molecular weight is 524 g/mol. The maximum atomic E-state index is 14.8. The number of aromatic nitrogens is 1. The van der Waals surface area contributed by atoms with Crippen molar-refractivity contribution in [2.75, 3.05) is 46.4 Å². The average Bonchev–Trinajstić information content (AvgIpc) is 3.36. The summed E-state index contributed by atoms with van der Waals surface area (Å²) in [4.78, 5) is 21.2. The predicted molar refractivity (Wildman–Crippen MR) is 128 cm³/mol. The molecule has 6 nitrogen and oxygen atoms in total. The van der Waals surface area contributed by atoms with Crippen molar-refractivity contribution < 1.29 is 31.8 Å². The molecule has 0 aliphatic carbocycles. The van der Waals surface area contributed by atoms with Crippen molar-refractivity contribution in [1.29, 1.82) is 0 Å². The second-order valence-electron chi connectivity index (χ2n) is 8.29. The highest BCUT2D eigenvalue weighted by atomic mass is 32.1. The summed E-state index contributed by atoms with van der Waals surface area (Å²) < 4.78 is 64.0. The van der Waals surface area contributed by atoms with Gasteiger partial charge in [0.25, 0.3) is 5.91 Å². The first-order valence-electron chi connectivity index (χ1n) is 11.3. The van der Waals surface area contributed by atoms with Crippen LogP contribution in [0.4, 0.5) is 17.6 Å². The van der Waals surface area contributed by atoms with Gasteiger partial charge < -0.3 is 14.4 Å². The SMILES string of the molecule is COCCN1CCN(C(=O)c2csc(-c3ccc(OCc4cccc(C(F)(F)F)c4)cc3F)n2)CC1. The van der Waals surface area contributed by atoms with Crippen molar-refractivity contribution in [2.45, 2.75) is 12.8 Å². The van der Waals surface area contributed by atoms with Gasteiger partial charge in [-0.2, -0.15) is 13.2 Å². The van der Waals surface area contributed by atoms with Crippen LogP contribution in [0.25, 0.3) is 10.6 Å². The Morgan fingerprint density at radius 2 is 1.89 bits per heavy atom. The third kappa shape index (κ3) is 6.40. The van der Waals surface area contributed by atoms with Gasteiger partial charge in [-0.15, -0.1) is 11.3 Å². The first-order chi connectivity index (χ1) is 17.2. The zero-order chi connectivity index (χ0) is 25.7. The fraction of sp³-hybridized carbons (Fsp3) is 0.360. The van der Waals surface area contributed by atoms with E-state index in [1.807, 2.05) is 0 Å². The molecule has 1 amide bonds. The van der Waals surface area contributed by atoms with Gasteiger partial charge in [0.15, 0.2) is 0 Å². The Hall–Kier alpha value is -3.02. The smallest absolute Gasteiger partial charge is 0.416 e. The number of piperazine rings is 1. The van der Waals surface area contributed by atoms with E-state index in [2.05, 4.69) is 9.88 Å². The lowest BCUT2D eigenvalue weighted by molar-refractivity contribution is -0.137. The van der Waals surface area contributed by atoms with Crippen molar-refractivity contribution in [3.05, 3.63) is 70.5 Å². The summed E-state index contributed by atoms with van der Waals surface area (Å²) >= 11 is 1.17. The van der Waals surface area contributed by atoms with Crippen LogP contribution in [0.3, 0.4) is 0 Å². The number of halogens is 4. The highest BCUT2D eigenvalue weighted by Gasteiger charge is 2.30. The quantitative estimate of drug-likeness (QED) is 0.391. The van der Waals surface area contributed by atoms with Crippen LogP contribution in [-0.2, 0) is 17.5 Å². The molecule has 0 N–H and O–H groups in total. The second kappa shape index (κ2) is 11.4. The molecule has 1 aromatic heterocycles. The molecular weight excluding hydrogens is 498 g/mol. The second-order valence-corrected chi connectivity index (χ2v) is 9.15. The summed E-state index contributed by atoms with van der Waals surface area (Å²) in [5, 5.41) is 1.98. The molecule has 0 radical (unpaired) electrons. The summed E-state index contributed by atoms with van der Waals surface area (Å²) in [6.07, 6.45) is -4.45. The summed E-state index contributed by atoms with van der Waals surface area (Å²) in [6, 6.07) is 8.95. The van der Waals surface area contributed by atoms with Crippen molar-refractivity contribution >= 4 is 17.2 Å². The molecule has 2 aromatic carbocycles. The molecule has 2 heterocycles. The van der Waals surface area contributed by atoms with Crippen LogP contribution in [0.15, 0.2) is 47.8 Å². The summed E-state index contributed by atoms with van der Waals surface area (Å²) in [5.74, 6) is -0.616. The molecule has 0 unspecified atom stereocenters. The van der Waals surface area contributed by atoms with Crippen molar-refractivity contribution in [3.63, 3.8) is 0 Å². The number of thiazole rings is 1. The number of rotatable bonds is 8. The number of carbonyl (C=O) groups excluding carboxylic acids is 1. The molecule has 0 atom stereocenters. The van der Waals surface area contributed by atoms with E-state index in [1.54, 1.807) is 17.4 Å². The zero-order valence-corrected chi connectivity index (χ0v) is 20.4. The number of benzene rings is 2. The molecule has 1 saturated heterocycles. The largest absolute Gasteiger partial charge is 0.489 e. The number of nitrogens with zero attached hydrogens (tertiary/aromatic N) is 3. The molecule has 0 spiro atoms. The fourth-order valence-corrected chi connectivity index (χ4v) is 4.64. The molecule has 3 aromatic rings. The minimum atomic E-state index is -4.45. The molecule has 1 aliphatic heterocycles. The lowest BCUT2D eigenvalue weighted by Crippen LogP contribution is -2.49. The molecule has 0 saturated carbocycles. The van der Waals surface area contributed by atoms with Gasteiger partial charge in [0, 0.05) is 56.8 Å². The number of hydrogen-bond acceptors (Lipinski definition) is 6. The Bertz CT molecular complexity index is 1190. The third-order valence-corrected chi connectivity index (χ3v) is 6.70. The standard InChI is InChI=1S/C25H25F4N3O3S/c1-34-12-11-31-7-9-32(10-8-31)24(33)22-16-36-23(30-22)20-6-5-19(14-21(20)26)35-15-17-3-2-4-18(13-17)25(27,28)29/h2-6,13-14,16H,7-12,15H2,1H3. The maximum Gasteiger partial charge on any atom is 0.416 e. The number of amides is 1. The number of alkyl halides is 3. The van der Waals surface area contributed by atoms with Gasteiger partial charge in [-0.1, -0.05) is 12.1 Å². The number of hydrogen-bond donors (Lipinski definition) is 0. The third-order valence-electron chi connectivity index (χ3n) is 5.83. The van der Waals surface area contributed by atoms with Crippen LogP contribution in [-0.4, -0.2) is 67.1 Å².